The molecule has 1 aliphatic rings. The van der Waals surface area contributed by atoms with Gasteiger partial charge in [0.25, 0.3) is 0 Å². The SMILES string of the molecule is Cc1nc(-n2cncn2)ccc1Nc1nccn2c(C3=CCN(C(=O)OC(C)(C)C)CC3)nnc12. The van der Waals surface area contributed by atoms with Crippen LogP contribution in [0.5, 0.6) is 0 Å². The molecule has 12 nitrogen and oxygen atoms in total. The number of nitrogens with zero attached hydrogens (tertiary/aromatic N) is 9. The second kappa shape index (κ2) is 8.78. The normalized spacial score (nSPS) is 14.2. The Morgan fingerprint density at radius 2 is 2.06 bits per heavy atom. The Morgan fingerprint density at radius 1 is 1.20 bits per heavy atom. The summed E-state index contributed by atoms with van der Waals surface area (Å²) in [6.45, 7) is 8.50. The summed E-state index contributed by atoms with van der Waals surface area (Å²) < 4.78 is 8.98. The van der Waals surface area contributed by atoms with Gasteiger partial charge in [-0.1, -0.05) is 6.08 Å². The maximum Gasteiger partial charge on any atom is 0.410 e. The Labute approximate surface area is 201 Å². The van der Waals surface area contributed by atoms with Crippen LogP contribution >= 0.6 is 0 Å². The quantitative estimate of drug-likeness (QED) is 0.474. The van der Waals surface area contributed by atoms with Crippen LogP contribution in [-0.4, -0.2) is 69.0 Å². The number of amides is 1. The minimum Gasteiger partial charge on any atom is -0.444 e. The van der Waals surface area contributed by atoms with E-state index in [4.69, 9.17) is 4.74 Å². The number of carbonyl (C=O) groups excluding carboxylic acids is 1. The van der Waals surface area contributed by atoms with E-state index in [9.17, 15) is 4.79 Å². The van der Waals surface area contributed by atoms with Crippen molar-refractivity contribution in [3.63, 3.8) is 0 Å². The first-order chi connectivity index (χ1) is 16.8. The number of nitrogens with one attached hydrogen (secondary N) is 1. The minimum atomic E-state index is -0.523. The van der Waals surface area contributed by atoms with E-state index >= 15 is 0 Å². The number of rotatable bonds is 4. The molecule has 12 heteroatoms. The van der Waals surface area contributed by atoms with Crippen molar-refractivity contribution in [2.75, 3.05) is 18.4 Å². The first-order valence-electron chi connectivity index (χ1n) is 11.3. The zero-order chi connectivity index (χ0) is 24.6. The molecule has 0 spiro atoms. The fraction of sp³-hybridized carbons (Fsp3) is 0.348. The lowest BCUT2D eigenvalue weighted by Gasteiger charge is -2.29. The van der Waals surface area contributed by atoms with Crippen molar-refractivity contribution >= 4 is 28.8 Å². The number of ether oxygens (including phenoxy) is 1. The summed E-state index contributed by atoms with van der Waals surface area (Å²) in [7, 11) is 0. The molecule has 0 saturated heterocycles. The van der Waals surface area contributed by atoms with E-state index in [0.717, 1.165) is 22.8 Å². The highest BCUT2D eigenvalue weighted by Crippen LogP contribution is 2.26. The number of hydrogen-bond donors (Lipinski definition) is 1. The van der Waals surface area contributed by atoms with Gasteiger partial charge in [0.15, 0.2) is 17.5 Å². The molecule has 0 atom stereocenters. The van der Waals surface area contributed by atoms with Gasteiger partial charge >= 0.3 is 6.09 Å². The molecule has 0 saturated carbocycles. The Balaban J connectivity index is 1.36. The van der Waals surface area contributed by atoms with Crippen LogP contribution in [0.4, 0.5) is 16.3 Å². The van der Waals surface area contributed by atoms with Crippen molar-refractivity contribution in [1.82, 2.24) is 44.2 Å². The largest absolute Gasteiger partial charge is 0.444 e. The monoisotopic (exact) mass is 474 g/mol. The van der Waals surface area contributed by atoms with Crippen molar-refractivity contribution in [3.05, 3.63) is 54.8 Å². The van der Waals surface area contributed by atoms with E-state index in [2.05, 4.69) is 35.6 Å². The van der Waals surface area contributed by atoms with Gasteiger partial charge in [-0.15, -0.1) is 10.2 Å². The van der Waals surface area contributed by atoms with Crippen LogP contribution in [0, 0.1) is 6.92 Å². The van der Waals surface area contributed by atoms with E-state index in [1.54, 1.807) is 22.1 Å². The van der Waals surface area contributed by atoms with Crippen LogP contribution in [0.1, 0.15) is 38.7 Å². The third-order valence-corrected chi connectivity index (χ3v) is 5.45. The average molecular weight is 475 g/mol. The Bertz CT molecular complexity index is 1400. The van der Waals surface area contributed by atoms with Gasteiger partial charge in [-0.3, -0.25) is 4.40 Å². The van der Waals surface area contributed by atoms with Gasteiger partial charge in [-0.05, 0) is 51.8 Å². The molecule has 180 valence electrons. The molecule has 0 aliphatic carbocycles. The van der Waals surface area contributed by atoms with Gasteiger partial charge < -0.3 is 15.0 Å². The second-order valence-electron chi connectivity index (χ2n) is 9.17. The predicted octanol–water partition coefficient (Wildman–Crippen LogP) is 3.18. The molecule has 4 aromatic rings. The molecule has 0 unspecified atom stereocenters. The zero-order valence-corrected chi connectivity index (χ0v) is 20.0. The third-order valence-electron chi connectivity index (χ3n) is 5.45. The molecular weight excluding hydrogens is 448 g/mol. The van der Waals surface area contributed by atoms with Crippen LogP contribution in [0.3, 0.4) is 0 Å². The summed E-state index contributed by atoms with van der Waals surface area (Å²) in [5.74, 6) is 1.97. The van der Waals surface area contributed by atoms with Crippen molar-refractivity contribution in [1.29, 1.82) is 0 Å². The maximum absolute atomic E-state index is 12.4. The fourth-order valence-electron chi connectivity index (χ4n) is 3.76. The van der Waals surface area contributed by atoms with Crippen LogP contribution in [0.2, 0.25) is 0 Å². The fourth-order valence-corrected chi connectivity index (χ4v) is 3.76. The zero-order valence-electron chi connectivity index (χ0n) is 20.0. The lowest BCUT2D eigenvalue weighted by atomic mass is 10.1. The molecule has 0 radical (unpaired) electrons. The molecule has 5 heterocycles. The molecule has 35 heavy (non-hydrogen) atoms. The van der Waals surface area contributed by atoms with Crippen molar-refractivity contribution < 1.29 is 9.53 Å². The van der Waals surface area contributed by atoms with E-state index < -0.39 is 5.60 Å². The van der Waals surface area contributed by atoms with Crippen LogP contribution in [-0.2, 0) is 4.74 Å². The number of anilines is 2. The van der Waals surface area contributed by atoms with Crippen LogP contribution in [0.25, 0.3) is 17.0 Å². The van der Waals surface area contributed by atoms with E-state index in [1.165, 1.54) is 6.33 Å². The van der Waals surface area contributed by atoms with Crippen molar-refractivity contribution in [2.24, 2.45) is 0 Å². The Kier molecular flexibility index (Phi) is 5.63. The summed E-state index contributed by atoms with van der Waals surface area (Å²) in [5, 5.41) is 16.2. The van der Waals surface area contributed by atoms with Gasteiger partial charge in [0.2, 0.25) is 5.65 Å². The van der Waals surface area contributed by atoms with E-state index in [0.29, 0.717) is 36.8 Å². The molecule has 5 rings (SSSR count). The van der Waals surface area contributed by atoms with Gasteiger partial charge in [0.05, 0.1) is 11.4 Å². The van der Waals surface area contributed by atoms with E-state index in [1.807, 2.05) is 56.5 Å². The van der Waals surface area contributed by atoms with Crippen LogP contribution < -0.4 is 5.32 Å². The number of aryl methyl sites for hydroxylation is 1. The number of carbonyl (C=O) groups is 1. The Morgan fingerprint density at radius 3 is 2.74 bits per heavy atom. The molecule has 0 bridgehead atoms. The van der Waals surface area contributed by atoms with E-state index in [-0.39, 0.29) is 6.09 Å². The van der Waals surface area contributed by atoms with Gasteiger partial charge in [-0.2, -0.15) is 5.10 Å². The molecule has 0 fully saturated rings. The molecule has 4 aromatic heterocycles. The molecule has 0 aromatic carbocycles. The summed E-state index contributed by atoms with van der Waals surface area (Å²) in [6.07, 6.45) is 8.93. The lowest BCUT2D eigenvalue weighted by Crippen LogP contribution is -2.39. The average Bonchev–Trinajstić information content (AvgIpc) is 3.50. The highest BCUT2D eigenvalue weighted by atomic mass is 16.6. The third kappa shape index (κ3) is 4.67. The topological polar surface area (TPSA) is 128 Å². The van der Waals surface area contributed by atoms with Gasteiger partial charge in [0.1, 0.15) is 18.3 Å². The molecular formula is C23H26N10O2. The Hall–Kier alpha value is -4.35. The van der Waals surface area contributed by atoms with Gasteiger partial charge in [0, 0.05) is 25.5 Å². The summed E-state index contributed by atoms with van der Waals surface area (Å²) in [4.78, 5) is 27.1. The summed E-state index contributed by atoms with van der Waals surface area (Å²) >= 11 is 0. The number of aromatic nitrogens is 8. The lowest BCUT2D eigenvalue weighted by molar-refractivity contribution is 0.0270. The van der Waals surface area contributed by atoms with Gasteiger partial charge in [-0.25, -0.2) is 24.4 Å². The molecule has 1 amide bonds. The molecule has 1 aliphatic heterocycles. The maximum atomic E-state index is 12.4. The highest BCUT2D eigenvalue weighted by Gasteiger charge is 2.25. The number of fused-ring (bicyclic) bond motifs is 1. The van der Waals surface area contributed by atoms with Crippen molar-refractivity contribution in [3.8, 4) is 5.82 Å². The smallest absolute Gasteiger partial charge is 0.410 e. The summed E-state index contributed by atoms with van der Waals surface area (Å²) in [6, 6.07) is 3.76. The van der Waals surface area contributed by atoms with Crippen molar-refractivity contribution in [2.45, 2.75) is 39.7 Å². The highest BCUT2D eigenvalue weighted by molar-refractivity contribution is 5.74. The number of pyridine rings is 1. The molecule has 1 N–H and O–H groups in total. The standard InChI is InChI=1S/C23H26N10O2/c1-15-17(5-6-18(27-15)33-14-24-13-26-33)28-19-21-30-29-20(32(21)12-9-25-19)16-7-10-31(11-8-16)22(34)35-23(2,3)4/h5-7,9,12-14H,8,10-11H2,1-4H3,(H,25,28). The first-order valence-corrected chi connectivity index (χ1v) is 11.3. The number of hydrogen-bond acceptors (Lipinski definition) is 9. The minimum absolute atomic E-state index is 0.312. The predicted molar refractivity (Wildman–Crippen MR) is 128 cm³/mol. The first kappa shape index (κ1) is 22.4. The summed E-state index contributed by atoms with van der Waals surface area (Å²) in [5.41, 5.74) is 2.66. The van der Waals surface area contributed by atoms with Crippen LogP contribution in [0.15, 0.2) is 43.3 Å². The second-order valence-corrected chi connectivity index (χ2v) is 9.17.